The van der Waals surface area contributed by atoms with Gasteiger partial charge in [-0.1, -0.05) is 48.0 Å². The van der Waals surface area contributed by atoms with Gasteiger partial charge in [-0.3, -0.25) is 4.79 Å². The molecule has 4 nitrogen and oxygen atoms in total. The summed E-state index contributed by atoms with van der Waals surface area (Å²) >= 11 is 5.65. The summed E-state index contributed by atoms with van der Waals surface area (Å²) in [5.41, 5.74) is -0.111. The molecule has 0 bridgehead atoms. The number of hydrogen-bond donors (Lipinski definition) is 1. The molecular weight excluding hydrogens is 431 g/mol. The molecule has 0 aliphatic rings. The van der Waals surface area contributed by atoms with Gasteiger partial charge in [0.2, 0.25) is 0 Å². The number of halogens is 4. The number of amides is 1. The molecule has 0 spiro atoms. The van der Waals surface area contributed by atoms with Gasteiger partial charge < -0.3 is 14.8 Å². The lowest BCUT2D eigenvalue weighted by atomic mass is 10.1. The quantitative estimate of drug-likeness (QED) is 0.442. The Morgan fingerprint density at radius 3 is 2.29 bits per heavy atom. The number of anilines is 1. The van der Waals surface area contributed by atoms with Crippen LogP contribution < -0.4 is 14.8 Å². The highest BCUT2D eigenvalue weighted by Crippen LogP contribution is 2.37. The number of benzene rings is 3. The van der Waals surface area contributed by atoms with Crippen molar-refractivity contribution >= 4 is 23.2 Å². The summed E-state index contributed by atoms with van der Waals surface area (Å²) in [6.45, 7) is 2.26. The first-order valence-corrected chi connectivity index (χ1v) is 9.78. The van der Waals surface area contributed by atoms with Crippen LogP contribution in [0.3, 0.4) is 0 Å². The molecule has 3 aromatic carbocycles. The number of hydrogen-bond acceptors (Lipinski definition) is 3. The smallest absolute Gasteiger partial charge is 0.417 e. The standard InChI is InChI=1S/C23H19ClF3NO3/c1-2-30-19-9-6-10-20(31-14-15-7-4-3-5-8-15)21(19)22(29)28-16-11-12-18(24)17(13-16)23(25,26)27/h3-13H,2,14H2,1H3,(H,28,29). The maximum Gasteiger partial charge on any atom is 0.417 e. The number of alkyl halides is 3. The number of carbonyl (C=O) groups is 1. The second-order valence-electron chi connectivity index (χ2n) is 6.48. The van der Waals surface area contributed by atoms with Gasteiger partial charge in [0.05, 0.1) is 17.2 Å². The van der Waals surface area contributed by atoms with E-state index >= 15 is 0 Å². The third-order valence-corrected chi connectivity index (χ3v) is 4.61. The fraction of sp³-hybridized carbons (Fsp3) is 0.174. The van der Waals surface area contributed by atoms with Crippen LogP contribution in [0, 0.1) is 0 Å². The summed E-state index contributed by atoms with van der Waals surface area (Å²) in [6, 6.07) is 17.4. The molecule has 31 heavy (non-hydrogen) atoms. The van der Waals surface area contributed by atoms with E-state index < -0.39 is 22.7 Å². The van der Waals surface area contributed by atoms with E-state index in [1.165, 1.54) is 6.07 Å². The van der Waals surface area contributed by atoms with Crippen molar-refractivity contribution in [3.63, 3.8) is 0 Å². The predicted molar refractivity (Wildman–Crippen MR) is 113 cm³/mol. The Morgan fingerprint density at radius 2 is 1.65 bits per heavy atom. The summed E-state index contributed by atoms with van der Waals surface area (Å²) in [5, 5.41) is 2.03. The van der Waals surface area contributed by atoms with E-state index in [0.29, 0.717) is 6.61 Å². The van der Waals surface area contributed by atoms with E-state index in [0.717, 1.165) is 17.7 Å². The number of ether oxygens (including phenoxy) is 2. The van der Waals surface area contributed by atoms with Gasteiger partial charge in [0, 0.05) is 5.69 Å². The molecule has 0 aliphatic heterocycles. The van der Waals surface area contributed by atoms with Crippen LogP contribution >= 0.6 is 11.6 Å². The molecule has 0 unspecified atom stereocenters. The SMILES string of the molecule is CCOc1cccc(OCc2ccccc2)c1C(=O)Nc1ccc(Cl)c(C(F)(F)F)c1. The van der Waals surface area contributed by atoms with Gasteiger partial charge >= 0.3 is 6.18 Å². The molecule has 0 saturated carbocycles. The van der Waals surface area contributed by atoms with Crippen molar-refractivity contribution in [1.29, 1.82) is 0 Å². The van der Waals surface area contributed by atoms with Gasteiger partial charge in [0.25, 0.3) is 5.91 Å². The fourth-order valence-corrected chi connectivity index (χ4v) is 3.10. The predicted octanol–water partition coefficient (Wildman–Crippen LogP) is 6.59. The van der Waals surface area contributed by atoms with Crippen molar-refractivity contribution in [3.05, 3.63) is 88.4 Å². The van der Waals surface area contributed by atoms with Crippen molar-refractivity contribution in [2.75, 3.05) is 11.9 Å². The highest BCUT2D eigenvalue weighted by Gasteiger charge is 2.33. The minimum Gasteiger partial charge on any atom is -0.493 e. The van der Waals surface area contributed by atoms with E-state index in [1.807, 2.05) is 30.3 Å². The number of nitrogens with one attached hydrogen (secondary N) is 1. The number of carbonyl (C=O) groups excluding carboxylic acids is 1. The largest absolute Gasteiger partial charge is 0.493 e. The average Bonchev–Trinajstić information content (AvgIpc) is 2.74. The first-order valence-electron chi connectivity index (χ1n) is 9.40. The molecule has 0 radical (unpaired) electrons. The lowest BCUT2D eigenvalue weighted by Crippen LogP contribution is -2.16. The molecule has 0 aliphatic carbocycles. The van der Waals surface area contributed by atoms with Crippen molar-refractivity contribution in [2.24, 2.45) is 0 Å². The first kappa shape index (κ1) is 22.5. The van der Waals surface area contributed by atoms with Gasteiger partial charge in [-0.2, -0.15) is 13.2 Å². The normalized spacial score (nSPS) is 11.1. The van der Waals surface area contributed by atoms with Crippen LogP contribution in [0.1, 0.15) is 28.4 Å². The topological polar surface area (TPSA) is 47.6 Å². The van der Waals surface area contributed by atoms with E-state index in [4.69, 9.17) is 21.1 Å². The van der Waals surface area contributed by atoms with Crippen molar-refractivity contribution < 1.29 is 27.4 Å². The maximum atomic E-state index is 13.1. The van der Waals surface area contributed by atoms with Crippen LogP contribution in [0.15, 0.2) is 66.7 Å². The minimum atomic E-state index is -4.65. The third kappa shape index (κ3) is 5.70. The van der Waals surface area contributed by atoms with E-state index in [2.05, 4.69) is 5.32 Å². The molecule has 162 valence electrons. The van der Waals surface area contributed by atoms with Crippen LogP contribution in [-0.2, 0) is 12.8 Å². The average molecular weight is 450 g/mol. The van der Waals surface area contributed by atoms with Crippen molar-refractivity contribution in [2.45, 2.75) is 19.7 Å². The summed E-state index contributed by atoms with van der Waals surface area (Å²) in [5.74, 6) is -0.157. The lowest BCUT2D eigenvalue weighted by Gasteiger charge is -2.16. The van der Waals surface area contributed by atoms with E-state index in [-0.39, 0.29) is 29.4 Å². The lowest BCUT2D eigenvalue weighted by molar-refractivity contribution is -0.137. The van der Waals surface area contributed by atoms with Crippen LogP contribution in [0.25, 0.3) is 0 Å². The Morgan fingerprint density at radius 1 is 0.968 bits per heavy atom. The third-order valence-electron chi connectivity index (χ3n) is 4.28. The van der Waals surface area contributed by atoms with Crippen molar-refractivity contribution in [1.82, 2.24) is 0 Å². The molecule has 0 aromatic heterocycles. The number of rotatable bonds is 7. The van der Waals surface area contributed by atoms with E-state index in [9.17, 15) is 18.0 Å². The summed E-state index contributed by atoms with van der Waals surface area (Å²) in [4.78, 5) is 13.0. The zero-order chi connectivity index (χ0) is 22.4. The Kier molecular flexibility index (Phi) is 7.07. The van der Waals surface area contributed by atoms with Gasteiger partial charge in [-0.25, -0.2) is 0 Å². The molecule has 0 atom stereocenters. The Balaban J connectivity index is 1.90. The maximum absolute atomic E-state index is 13.1. The van der Waals surface area contributed by atoms with Crippen LogP contribution in [0.5, 0.6) is 11.5 Å². The Labute approximate surface area is 182 Å². The molecule has 0 heterocycles. The highest BCUT2D eigenvalue weighted by atomic mass is 35.5. The molecule has 8 heteroatoms. The van der Waals surface area contributed by atoms with Crippen molar-refractivity contribution in [3.8, 4) is 11.5 Å². The molecular formula is C23H19ClF3NO3. The monoisotopic (exact) mass is 449 g/mol. The zero-order valence-electron chi connectivity index (χ0n) is 16.5. The summed E-state index contributed by atoms with van der Waals surface area (Å²) in [6.07, 6.45) is -4.65. The van der Waals surface area contributed by atoms with Gasteiger partial charge in [0.1, 0.15) is 23.7 Å². The van der Waals surface area contributed by atoms with Gasteiger partial charge in [0.15, 0.2) is 0 Å². The minimum absolute atomic E-state index is 0.0537. The second-order valence-corrected chi connectivity index (χ2v) is 6.89. The molecule has 0 fully saturated rings. The zero-order valence-corrected chi connectivity index (χ0v) is 17.3. The fourth-order valence-electron chi connectivity index (χ4n) is 2.88. The molecule has 1 N–H and O–H groups in total. The molecule has 1 amide bonds. The van der Waals surface area contributed by atoms with Gasteiger partial charge in [-0.15, -0.1) is 0 Å². The van der Waals surface area contributed by atoms with E-state index in [1.54, 1.807) is 25.1 Å². The summed E-state index contributed by atoms with van der Waals surface area (Å²) in [7, 11) is 0. The Hall–Kier alpha value is -3.19. The second kappa shape index (κ2) is 9.75. The molecule has 3 rings (SSSR count). The first-order chi connectivity index (χ1) is 14.8. The molecule has 3 aromatic rings. The van der Waals surface area contributed by atoms with Crippen LogP contribution in [0.2, 0.25) is 5.02 Å². The highest BCUT2D eigenvalue weighted by molar-refractivity contribution is 6.31. The van der Waals surface area contributed by atoms with Gasteiger partial charge in [-0.05, 0) is 42.8 Å². The van der Waals surface area contributed by atoms with Crippen LogP contribution in [0.4, 0.5) is 18.9 Å². The molecule has 0 saturated heterocycles. The van der Waals surface area contributed by atoms with Crippen LogP contribution in [-0.4, -0.2) is 12.5 Å². The summed E-state index contributed by atoms with van der Waals surface area (Å²) < 4.78 is 50.8. The Bertz CT molecular complexity index is 1060.